The summed E-state index contributed by atoms with van der Waals surface area (Å²) >= 11 is 0. The Morgan fingerprint density at radius 1 is 0.949 bits per heavy atom. The molecule has 1 saturated carbocycles. The van der Waals surface area contributed by atoms with Crippen LogP contribution in [0.4, 0.5) is 0 Å². The van der Waals surface area contributed by atoms with E-state index < -0.39 is 26.8 Å². The summed E-state index contributed by atoms with van der Waals surface area (Å²) in [5.41, 5.74) is 2.46. The maximum Gasteiger partial charge on any atom is 0.265 e. The number of hydrogen-bond acceptors (Lipinski definition) is 8. The molecule has 2 aromatic rings. The normalized spacial score (nSPS) is 21.9. The van der Waals surface area contributed by atoms with Crippen molar-refractivity contribution in [2.24, 2.45) is 0 Å². The first-order valence-corrected chi connectivity index (χ1v) is 15.4. The molecule has 1 aliphatic carbocycles. The van der Waals surface area contributed by atoms with E-state index in [1.54, 1.807) is 24.3 Å². The molecule has 10 heteroatoms. The smallest absolute Gasteiger partial charge is 0.265 e. The van der Waals surface area contributed by atoms with Gasteiger partial charge in [0.1, 0.15) is 17.2 Å². The summed E-state index contributed by atoms with van der Waals surface area (Å²) in [5, 5.41) is 0. The van der Waals surface area contributed by atoms with Crippen molar-refractivity contribution >= 4 is 15.7 Å². The summed E-state index contributed by atoms with van der Waals surface area (Å²) < 4.78 is 43.6. The molecule has 1 atom stereocenters. The number of hydrogen-bond donors (Lipinski definition) is 1. The van der Waals surface area contributed by atoms with E-state index in [9.17, 15) is 13.2 Å². The van der Waals surface area contributed by atoms with E-state index >= 15 is 0 Å². The summed E-state index contributed by atoms with van der Waals surface area (Å²) in [6, 6.07) is 14.0. The van der Waals surface area contributed by atoms with Gasteiger partial charge in [0.2, 0.25) is 0 Å². The highest BCUT2D eigenvalue weighted by Crippen LogP contribution is 2.40. The average molecular weight is 559 g/mol. The Balaban J connectivity index is 1.31. The fourth-order valence-corrected chi connectivity index (χ4v) is 7.18. The number of hydroxylamine groups is 1. The zero-order valence-corrected chi connectivity index (χ0v) is 23.5. The number of nitrogens with zero attached hydrogens (tertiary/aromatic N) is 1. The maximum atomic E-state index is 14.1. The molecule has 9 nitrogen and oxygen atoms in total. The number of rotatable bonds is 10. The lowest BCUT2D eigenvalue weighted by Crippen LogP contribution is -2.58. The Labute approximate surface area is 230 Å². The number of nitrogens with one attached hydrogen (secondary N) is 1. The fraction of sp³-hybridized carbons (Fsp3) is 0.552. The van der Waals surface area contributed by atoms with Gasteiger partial charge in [-0.3, -0.25) is 4.79 Å². The van der Waals surface area contributed by atoms with Crippen LogP contribution in [0.1, 0.15) is 58.8 Å². The van der Waals surface area contributed by atoms with Crippen molar-refractivity contribution in [1.82, 2.24) is 10.4 Å². The van der Waals surface area contributed by atoms with Crippen LogP contribution in [0.5, 0.6) is 17.2 Å². The van der Waals surface area contributed by atoms with Crippen LogP contribution in [0.3, 0.4) is 0 Å². The topological polar surface area (TPSA) is 103 Å². The van der Waals surface area contributed by atoms with Crippen LogP contribution < -0.4 is 15.0 Å². The van der Waals surface area contributed by atoms with Crippen molar-refractivity contribution in [2.45, 2.75) is 86.9 Å². The molecule has 1 amide bonds. The van der Waals surface area contributed by atoms with Crippen LogP contribution in [-0.2, 0) is 24.2 Å². The molecule has 0 spiro atoms. The lowest BCUT2D eigenvalue weighted by Gasteiger charge is -2.40. The van der Waals surface area contributed by atoms with Gasteiger partial charge < -0.3 is 19.1 Å². The zero-order chi connectivity index (χ0) is 27.5. The van der Waals surface area contributed by atoms with Crippen molar-refractivity contribution in [1.29, 1.82) is 0 Å². The van der Waals surface area contributed by atoms with Gasteiger partial charge in [-0.2, -0.15) is 0 Å². The average Bonchev–Trinajstić information content (AvgIpc) is 3.79. The molecule has 1 unspecified atom stereocenters. The molecule has 2 aromatic carbocycles. The third-order valence-electron chi connectivity index (χ3n) is 7.58. The number of piperidine rings is 1. The minimum absolute atomic E-state index is 0.0738. The standard InChI is InChI=1S/C29H38N2O7S/c1-21(2)36-23-8-10-24(11-9-23)37-25-12-14-26(15-13-25)39(33,34)29(16-18-31(19-17-29)22-6-7-22)28(32)30-38-27-5-3-4-20-35-27/h8-15,21-22,27H,3-7,16-20H2,1-2H3,(H,30,32). The SMILES string of the molecule is CC(C)Oc1ccc(Oc2ccc(S(=O)(=O)C3(C(=O)NOC4CCCCO4)CCN(C4CC4)CC3)cc2)cc1. The number of carbonyl (C=O) groups is 1. The van der Waals surface area contributed by atoms with E-state index in [1.807, 2.05) is 26.0 Å². The summed E-state index contributed by atoms with van der Waals surface area (Å²) in [6.45, 7) is 5.58. The number of amides is 1. The molecular formula is C29H38N2O7S. The summed E-state index contributed by atoms with van der Waals surface area (Å²) in [7, 11) is -4.04. The number of sulfone groups is 1. The van der Waals surface area contributed by atoms with E-state index in [1.165, 1.54) is 12.1 Å². The van der Waals surface area contributed by atoms with Crippen LogP contribution in [0.2, 0.25) is 0 Å². The highest BCUT2D eigenvalue weighted by Gasteiger charge is 2.54. The molecule has 0 aromatic heterocycles. The van der Waals surface area contributed by atoms with Gasteiger partial charge >= 0.3 is 0 Å². The second-order valence-electron chi connectivity index (χ2n) is 10.8. The minimum atomic E-state index is -4.04. The molecule has 212 valence electrons. The quantitative estimate of drug-likeness (QED) is 0.422. The molecule has 3 aliphatic rings. The molecule has 0 radical (unpaired) electrons. The second-order valence-corrected chi connectivity index (χ2v) is 13.1. The Hall–Kier alpha value is -2.66. The van der Waals surface area contributed by atoms with E-state index in [-0.39, 0.29) is 23.8 Å². The predicted molar refractivity (Wildman–Crippen MR) is 145 cm³/mol. The van der Waals surface area contributed by atoms with Gasteiger partial charge in [-0.25, -0.2) is 18.7 Å². The number of likely N-dealkylation sites (tertiary alicyclic amines) is 1. The number of carbonyl (C=O) groups excluding carboxylic acids is 1. The summed E-state index contributed by atoms with van der Waals surface area (Å²) in [6.07, 6.45) is 4.72. The molecule has 0 bridgehead atoms. The highest BCUT2D eigenvalue weighted by atomic mass is 32.2. The van der Waals surface area contributed by atoms with Crippen molar-refractivity contribution in [3.05, 3.63) is 48.5 Å². The Kier molecular flexibility index (Phi) is 8.46. The van der Waals surface area contributed by atoms with Gasteiger partial charge in [-0.15, -0.1) is 0 Å². The highest BCUT2D eigenvalue weighted by molar-refractivity contribution is 7.93. The molecule has 2 aliphatic heterocycles. The Bertz CT molecular complexity index is 1210. The van der Waals surface area contributed by atoms with Crippen LogP contribution in [0, 0.1) is 0 Å². The van der Waals surface area contributed by atoms with Gasteiger partial charge in [-0.05, 0) is 101 Å². The minimum Gasteiger partial charge on any atom is -0.491 e. The number of benzene rings is 2. The zero-order valence-electron chi connectivity index (χ0n) is 22.6. The number of ether oxygens (including phenoxy) is 3. The first kappa shape index (κ1) is 27.9. The first-order valence-electron chi connectivity index (χ1n) is 13.9. The lowest BCUT2D eigenvalue weighted by atomic mass is 9.94. The molecule has 2 saturated heterocycles. The van der Waals surface area contributed by atoms with Gasteiger partial charge in [0.15, 0.2) is 20.9 Å². The van der Waals surface area contributed by atoms with Crippen molar-refractivity contribution in [3.8, 4) is 17.2 Å². The predicted octanol–water partition coefficient (Wildman–Crippen LogP) is 4.61. The van der Waals surface area contributed by atoms with Gasteiger partial charge in [0, 0.05) is 32.2 Å². The van der Waals surface area contributed by atoms with Crippen LogP contribution in [-0.4, -0.2) is 62.1 Å². The first-order chi connectivity index (χ1) is 18.8. The fourth-order valence-electron chi connectivity index (χ4n) is 5.23. The summed E-state index contributed by atoms with van der Waals surface area (Å²) in [5.74, 6) is 1.21. The molecule has 3 fully saturated rings. The monoisotopic (exact) mass is 558 g/mol. The third-order valence-corrected chi connectivity index (χ3v) is 10.1. The van der Waals surface area contributed by atoms with E-state index in [0.717, 1.165) is 31.4 Å². The van der Waals surface area contributed by atoms with E-state index in [2.05, 4.69) is 10.4 Å². The van der Waals surface area contributed by atoms with Crippen molar-refractivity contribution in [3.63, 3.8) is 0 Å². The molecule has 2 heterocycles. The van der Waals surface area contributed by atoms with Crippen LogP contribution in [0.15, 0.2) is 53.4 Å². The van der Waals surface area contributed by atoms with Gasteiger partial charge in [0.05, 0.1) is 11.0 Å². The third kappa shape index (κ3) is 6.40. The lowest BCUT2D eigenvalue weighted by molar-refractivity contribution is -0.202. The van der Waals surface area contributed by atoms with Crippen LogP contribution in [0.25, 0.3) is 0 Å². The maximum absolute atomic E-state index is 14.1. The van der Waals surface area contributed by atoms with Gasteiger partial charge in [0.25, 0.3) is 5.91 Å². The van der Waals surface area contributed by atoms with Gasteiger partial charge in [-0.1, -0.05) is 0 Å². The van der Waals surface area contributed by atoms with Crippen LogP contribution >= 0.6 is 0 Å². The Morgan fingerprint density at radius 3 is 2.13 bits per heavy atom. The molecular weight excluding hydrogens is 520 g/mol. The molecule has 5 rings (SSSR count). The molecule has 1 N–H and O–H groups in total. The van der Waals surface area contributed by atoms with Crippen molar-refractivity contribution in [2.75, 3.05) is 19.7 Å². The largest absolute Gasteiger partial charge is 0.491 e. The van der Waals surface area contributed by atoms with Crippen molar-refractivity contribution < 1.29 is 32.3 Å². The van der Waals surface area contributed by atoms with E-state index in [4.69, 9.17) is 19.0 Å². The summed E-state index contributed by atoms with van der Waals surface area (Å²) in [4.78, 5) is 21.5. The second kappa shape index (κ2) is 11.8. The van der Waals surface area contributed by atoms with E-state index in [0.29, 0.717) is 43.7 Å². The molecule has 39 heavy (non-hydrogen) atoms. The Morgan fingerprint density at radius 2 is 1.56 bits per heavy atom.